The average molecular weight is 199 g/mol. The molecule has 0 aliphatic heterocycles. The van der Waals surface area contributed by atoms with Crippen LogP contribution in [0.1, 0.15) is 0 Å². The number of aliphatic hydroxyl groups is 1. The third-order valence-electron chi connectivity index (χ3n) is 1.50. The van der Waals surface area contributed by atoms with Gasteiger partial charge in [-0.2, -0.15) is 4.98 Å². The lowest BCUT2D eigenvalue weighted by Gasteiger charge is -1.95. The number of nitrogen functional groups attached to an aromatic ring is 1. The Bertz CT molecular complexity index is 377. The van der Waals surface area contributed by atoms with Gasteiger partial charge in [-0.15, -0.1) is 0 Å². The van der Waals surface area contributed by atoms with E-state index in [0.29, 0.717) is 18.1 Å². The first kappa shape index (κ1) is 8.33. The first-order chi connectivity index (χ1) is 6.29. The molecule has 0 unspecified atom stereocenters. The number of fused-ring (bicyclic) bond motifs is 1. The summed E-state index contributed by atoms with van der Waals surface area (Å²) < 4.78 is 6.02. The van der Waals surface area contributed by atoms with Crippen LogP contribution in [0.2, 0.25) is 0 Å². The molecule has 2 aromatic rings. The van der Waals surface area contributed by atoms with Gasteiger partial charge in [0.1, 0.15) is 0 Å². The summed E-state index contributed by atoms with van der Waals surface area (Å²) in [5.74, 6) is 0.377. The van der Waals surface area contributed by atoms with Gasteiger partial charge in [0.2, 0.25) is 5.71 Å². The van der Waals surface area contributed by atoms with Gasteiger partial charge < -0.3 is 20.6 Å². The number of furan rings is 1. The number of nitrogens with zero attached hydrogens (tertiary/aromatic N) is 1. The Morgan fingerprint density at radius 3 is 3.23 bits per heavy atom. The van der Waals surface area contributed by atoms with Crippen LogP contribution in [0.25, 0.3) is 10.4 Å². The molecule has 4 N–H and O–H groups in total. The third-order valence-corrected chi connectivity index (χ3v) is 2.44. The van der Waals surface area contributed by atoms with E-state index in [1.165, 1.54) is 11.3 Å². The molecular formula is C7H9N3O2S. The quantitative estimate of drug-likeness (QED) is 0.683. The SMILES string of the molecule is Nc1cc2sc(NCCO)nc2o1. The number of aromatic nitrogens is 1. The largest absolute Gasteiger partial charge is 0.422 e. The Morgan fingerprint density at radius 2 is 2.54 bits per heavy atom. The summed E-state index contributed by atoms with van der Waals surface area (Å²) in [6, 6.07) is 1.73. The molecule has 13 heavy (non-hydrogen) atoms. The molecule has 0 aliphatic carbocycles. The Kier molecular flexibility index (Phi) is 2.07. The van der Waals surface area contributed by atoms with Crippen LogP contribution in [0.15, 0.2) is 10.5 Å². The van der Waals surface area contributed by atoms with Crippen LogP contribution >= 0.6 is 11.3 Å². The topological polar surface area (TPSA) is 84.3 Å². The molecule has 5 nitrogen and oxygen atoms in total. The van der Waals surface area contributed by atoms with Crippen LogP contribution in [0.3, 0.4) is 0 Å². The molecule has 0 saturated carbocycles. The summed E-state index contributed by atoms with van der Waals surface area (Å²) in [4.78, 5) is 4.12. The predicted molar refractivity (Wildman–Crippen MR) is 51.9 cm³/mol. The van der Waals surface area contributed by atoms with Crippen molar-refractivity contribution in [1.29, 1.82) is 0 Å². The zero-order chi connectivity index (χ0) is 9.26. The van der Waals surface area contributed by atoms with Gasteiger partial charge in [-0.3, -0.25) is 0 Å². The fraction of sp³-hybridized carbons (Fsp3) is 0.286. The van der Waals surface area contributed by atoms with Gasteiger partial charge in [-0.1, -0.05) is 11.3 Å². The first-order valence-corrected chi connectivity index (χ1v) is 4.62. The second-order valence-corrected chi connectivity index (χ2v) is 3.52. The molecule has 0 saturated heterocycles. The highest BCUT2D eigenvalue weighted by Gasteiger charge is 2.07. The Morgan fingerprint density at radius 1 is 1.69 bits per heavy atom. The molecule has 0 amide bonds. The van der Waals surface area contributed by atoms with Crippen LogP contribution in [0, 0.1) is 0 Å². The zero-order valence-corrected chi connectivity index (χ0v) is 7.60. The van der Waals surface area contributed by atoms with E-state index in [-0.39, 0.29) is 6.61 Å². The fourth-order valence-electron chi connectivity index (χ4n) is 0.991. The molecule has 2 heterocycles. The highest BCUT2D eigenvalue weighted by molar-refractivity contribution is 7.22. The van der Waals surface area contributed by atoms with Crippen LogP contribution in [0.5, 0.6) is 0 Å². The van der Waals surface area contributed by atoms with Crippen LogP contribution in [-0.4, -0.2) is 23.2 Å². The predicted octanol–water partition coefficient (Wildman–Crippen LogP) is 0.876. The molecule has 6 heteroatoms. The van der Waals surface area contributed by atoms with Crippen molar-refractivity contribution in [2.45, 2.75) is 0 Å². The van der Waals surface area contributed by atoms with Crippen LogP contribution in [-0.2, 0) is 0 Å². The molecule has 0 radical (unpaired) electrons. The van der Waals surface area contributed by atoms with Crippen molar-refractivity contribution in [2.75, 3.05) is 24.2 Å². The van der Waals surface area contributed by atoms with Crippen molar-refractivity contribution in [1.82, 2.24) is 4.98 Å². The van der Waals surface area contributed by atoms with E-state index in [1.54, 1.807) is 6.07 Å². The van der Waals surface area contributed by atoms with E-state index in [0.717, 1.165) is 9.83 Å². The first-order valence-electron chi connectivity index (χ1n) is 3.80. The van der Waals surface area contributed by atoms with Crippen molar-refractivity contribution >= 4 is 32.8 Å². The van der Waals surface area contributed by atoms with Crippen molar-refractivity contribution in [3.63, 3.8) is 0 Å². The van der Waals surface area contributed by atoms with E-state index in [1.807, 2.05) is 0 Å². The van der Waals surface area contributed by atoms with Crippen molar-refractivity contribution in [2.24, 2.45) is 0 Å². The second kappa shape index (κ2) is 3.23. The molecule has 0 atom stereocenters. The van der Waals surface area contributed by atoms with Gasteiger partial charge in [0.15, 0.2) is 11.0 Å². The number of hydrogen-bond acceptors (Lipinski definition) is 6. The van der Waals surface area contributed by atoms with Gasteiger partial charge in [0.25, 0.3) is 0 Å². The Balaban J connectivity index is 2.24. The normalized spacial score (nSPS) is 10.8. The average Bonchev–Trinajstić information content (AvgIpc) is 2.57. The van der Waals surface area contributed by atoms with Gasteiger partial charge in [-0.25, -0.2) is 0 Å². The van der Waals surface area contributed by atoms with Gasteiger partial charge >= 0.3 is 0 Å². The Hall–Kier alpha value is -1.27. The summed E-state index contributed by atoms with van der Waals surface area (Å²) in [7, 11) is 0. The van der Waals surface area contributed by atoms with Crippen molar-refractivity contribution < 1.29 is 9.52 Å². The molecule has 0 aliphatic rings. The minimum atomic E-state index is 0.0864. The lowest BCUT2D eigenvalue weighted by Crippen LogP contribution is -2.04. The van der Waals surface area contributed by atoms with E-state index in [4.69, 9.17) is 15.3 Å². The number of hydrogen-bond donors (Lipinski definition) is 3. The summed E-state index contributed by atoms with van der Waals surface area (Å²) >= 11 is 1.45. The number of nitrogens with one attached hydrogen (secondary N) is 1. The van der Waals surface area contributed by atoms with Crippen LogP contribution in [0.4, 0.5) is 11.0 Å². The van der Waals surface area contributed by atoms with Gasteiger partial charge in [-0.05, 0) is 0 Å². The molecular weight excluding hydrogens is 190 g/mol. The monoisotopic (exact) mass is 199 g/mol. The van der Waals surface area contributed by atoms with E-state index in [9.17, 15) is 0 Å². The highest BCUT2D eigenvalue weighted by atomic mass is 32.1. The number of anilines is 2. The van der Waals surface area contributed by atoms with E-state index in [2.05, 4.69) is 10.3 Å². The maximum absolute atomic E-state index is 8.57. The van der Waals surface area contributed by atoms with Crippen molar-refractivity contribution in [3.8, 4) is 0 Å². The summed E-state index contributed by atoms with van der Waals surface area (Å²) in [5.41, 5.74) is 5.97. The smallest absolute Gasteiger partial charge is 0.241 e. The molecule has 0 aromatic carbocycles. The second-order valence-electron chi connectivity index (χ2n) is 2.49. The molecule has 2 aromatic heterocycles. The minimum Gasteiger partial charge on any atom is -0.422 e. The Labute approximate surface area is 78.2 Å². The molecule has 0 spiro atoms. The minimum absolute atomic E-state index is 0.0864. The number of rotatable bonds is 3. The molecule has 70 valence electrons. The fourth-order valence-corrected chi connectivity index (χ4v) is 1.85. The third kappa shape index (κ3) is 1.58. The highest BCUT2D eigenvalue weighted by Crippen LogP contribution is 2.29. The summed E-state index contributed by atoms with van der Waals surface area (Å²) in [6.45, 7) is 0.578. The number of nitrogens with two attached hydrogens (primary N) is 1. The lowest BCUT2D eigenvalue weighted by molar-refractivity contribution is 0.311. The van der Waals surface area contributed by atoms with E-state index >= 15 is 0 Å². The lowest BCUT2D eigenvalue weighted by atomic mass is 10.6. The standard InChI is InChI=1S/C7H9N3O2S/c8-5-3-4-6(12-5)10-7(13-4)9-1-2-11/h3,11H,1-2,8H2,(H,9,10). The summed E-state index contributed by atoms with van der Waals surface area (Å²) in [5, 5.41) is 12.3. The van der Waals surface area contributed by atoms with Gasteiger partial charge in [0, 0.05) is 12.6 Å². The molecule has 0 fully saturated rings. The number of aliphatic hydroxyl groups excluding tert-OH is 1. The van der Waals surface area contributed by atoms with Crippen molar-refractivity contribution in [3.05, 3.63) is 6.07 Å². The van der Waals surface area contributed by atoms with Crippen LogP contribution < -0.4 is 11.1 Å². The van der Waals surface area contributed by atoms with Gasteiger partial charge in [0.05, 0.1) is 11.3 Å². The van der Waals surface area contributed by atoms with E-state index < -0.39 is 0 Å². The maximum atomic E-state index is 8.57. The summed E-state index contributed by atoms with van der Waals surface area (Å²) in [6.07, 6.45) is 0. The molecule has 2 rings (SSSR count). The number of thiazole rings is 1. The molecule has 0 bridgehead atoms. The maximum Gasteiger partial charge on any atom is 0.241 e. The zero-order valence-electron chi connectivity index (χ0n) is 6.78.